The molecule has 5 heteroatoms. The summed E-state index contributed by atoms with van der Waals surface area (Å²) in [4.78, 5) is 15.0. The van der Waals surface area contributed by atoms with Crippen LogP contribution in [0.25, 0.3) is 10.9 Å². The van der Waals surface area contributed by atoms with Gasteiger partial charge in [0.2, 0.25) is 0 Å². The molecule has 1 aliphatic rings. The van der Waals surface area contributed by atoms with Crippen LogP contribution in [0.3, 0.4) is 0 Å². The first-order valence-corrected chi connectivity index (χ1v) is 8.24. The van der Waals surface area contributed by atoms with Gasteiger partial charge in [-0.05, 0) is 38.1 Å². The van der Waals surface area contributed by atoms with Crippen molar-refractivity contribution in [3.8, 4) is 0 Å². The van der Waals surface area contributed by atoms with Crippen molar-refractivity contribution < 1.29 is 4.79 Å². The first kappa shape index (κ1) is 15.4. The van der Waals surface area contributed by atoms with Gasteiger partial charge in [-0.25, -0.2) is 0 Å². The van der Waals surface area contributed by atoms with Gasteiger partial charge in [-0.15, -0.1) is 0 Å². The highest BCUT2D eigenvalue weighted by atomic mass is 35.5. The monoisotopic (exact) mass is 319 g/mol. The standard InChI is InChI=1S/C17H22ClN3O/c1-3-21-8-4-5-13(21)10-19-17(22)15-11-20(2)16-9-12(18)6-7-14(15)16/h6-7,9,11,13H,3-5,8,10H2,1-2H3,(H,19,22)/t13-/m1/s1. The highest BCUT2D eigenvalue weighted by Crippen LogP contribution is 2.24. The van der Waals surface area contributed by atoms with E-state index in [4.69, 9.17) is 11.6 Å². The largest absolute Gasteiger partial charge is 0.350 e. The molecular formula is C17H22ClN3O. The number of halogens is 1. The molecule has 118 valence electrons. The third kappa shape index (κ3) is 2.85. The average molecular weight is 320 g/mol. The number of likely N-dealkylation sites (N-methyl/N-ethyl adjacent to an activating group) is 1. The van der Waals surface area contributed by atoms with E-state index >= 15 is 0 Å². The lowest BCUT2D eigenvalue weighted by Crippen LogP contribution is -2.40. The summed E-state index contributed by atoms with van der Waals surface area (Å²) < 4.78 is 1.95. The SMILES string of the molecule is CCN1CCC[C@@H]1CNC(=O)c1cn(C)c2cc(Cl)ccc12. The van der Waals surface area contributed by atoms with Gasteiger partial charge >= 0.3 is 0 Å². The lowest BCUT2D eigenvalue weighted by molar-refractivity contribution is 0.0943. The summed E-state index contributed by atoms with van der Waals surface area (Å²) in [5, 5.41) is 4.73. The Morgan fingerprint density at radius 3 is 3.05 bits per heavy atom. The van der Waals surface area contributed by atoms with Gasteiger partial charge in [0.1, 0.15) is 0 Å². The molecule has 0 radical (unpaired) electrons. The first-order chi connectivity index (χ1) is 10.6. The van der Waals surface area contributed by atoms with Gasteiger partial charge in [0.15, 0.2) is 0 Å². The molecule has 1 amide bonds. The summed E-state index contributed by atoms with van der Waals surface area (Å²) in [6.07, 6.45) is 4.27. The number of hydrogen-bond donors (Lipinski definition) is 1. The van der Waals surface area contributed by atoms with Crippen LogP contribution >= 0.6 is 11.6 Å². The number of carbonyl (C=O) groups is 1. The average Bonchev–Trinajstić information content (AvgIpc) is 3.09. The van der Waals surface area contributed by atoms with Crippen molar-refractivity contribution in [2.45, 2.75) is 25.8 Å². The summed E-state index contributed by atoms with van der Waals surface area (Å²) in [6.45, 7) is 5.09. The van der Waals surface area contributed by atoms with E-state index in [-0.39, 0.29) is 5.91 Å². The molecule has 3 rings (SSSR count). The van der Waals surface area contributed by atoms with E-state index in [0.29, 0.717) is 11.1 Å². The highest BCUT2D eigenvalue weighted by Gasteiger charge is 2.24. The third-order valence-electron chi connectivity index (χ3n) is 4.60. The minimum atomic E-state index is -0.00382. The Morgan fingerprint density at radius 1 is 1.45 bits per heavy atom. The van der Waals surface area contributed by atoms with E-state index in [2.05, 4.69) is 17.1 Å². The van der Waals surface area contributed by atoms with Crippen LogP contribution in [-0.2, 0) is 7.05 Å². The number of carbonyl (C=O) groups excluding carboxylic acids is 1. The van der Waals surface area contributed by atoms with Crippen molar-refractivity contribution in [2.75, 3.05) is 19.6 Å². The molecule has 1 aromatic heterocycles. The fraction of sp³-hybridized carbons (Fsp3) is 0.471. The number of fused-ring (bicyclic) bond motifs is 1. The molecule has 1 atom stereocenters. The van der Waals surface area contributed by atoms with Gasteiger partial charge < -0.3 is 9.88 Å². The Bertz CT molecular complexity index is 695. The van der Waals surface area contributed by atoms with E-state index in [1.54, 1.807) is 0 Å². The predicted molar refractivity (Wildman–Crippen MR) is 90.5 cm³/mol. The van der Waals surface area contributed by atoms with E-state index in [1.807, 2.05) is 36.0 Å². The summed E-state index contributed by atoms with van der Waals surface area (Å²) in [5.74, 6) is -0.00382. The van der Waals surface area contributed by atoms with E-state index in [9.17, 15) is 4.79 Å². The molecule has 1 aromatic carbocycles. The number of rotatable bonds is 4. The van der Waals surface area contributed by atoms with Crippen molar-refractivity contribution >= 4 is 28.4 Å². The molecule has 4 nitrogen and oxygen atoms in total. The van der Waals surface area contributed by atoms with Crippen LogP contribution in [0.4, 0.5) is 0 Å². The molecule has 0 saturated carbocycles. The highest BCUT2D eigenvalue weighted by molar-refractivity contribution is 6.31. The lowest BCUT2D eigenvalue weighted by Gasteiger charge is -2.22. The Hall–Kier alpha value is -1.52. The van der Waals surface area contributed by atoms with Crippen molar-refractivity contribution in [3.05, 3.63) is 35.0 Å². The zero-order valence-electron chi connectivity index (χ0n) is 13.1. The fourth-order valence-corrected chi connectivity index (χ4v) is 3.55. The third-order valence-corrected chi connectivity index (χ3v) is 4.84. The van der Waals surface area contributed by atoms with Gasteiger partial charge in [0, 0.05) is 36.2 Å². The number of aryl methyl sites for hydroxylation is 1. The topological polar surface area (TPSA) is 37.3 Å². The Labute approximate surface area is 136 Å². The maximum atomic E-state index is 12.5. The van der Waals surface area contributed by atoms with Crippen molar-refractivity contribution in [1.29, 1.82) is 0 Å². The fourth-order valence-electron chi connectivity index (χ4n) is 3.39. The molecule has 0 unspecified atom stereocenters. The molecule has 1 N–H and O–H groups in total. The smallest absolute Gasteiger partial charge is 0.253 e. The molecule has 22 heavy (non-hydrogen) atoms. The van der Waals surface area contributed by atoms with E-state index in [1.165, 1.54) is 12.8 Å². The summed E-state index contributed by atoms with van der Waals surface area (Å²) >= 11 is 6.04. The van der Waals surface area contributed by atoms with Gasteiger partial charge in [0.25, 0.3) is 5.91 Å². The van der Waals surface area contributed by atoms with Gasteiger partial charge in [-0.1, -0.05) is 24.6 Å². The number of nitrogens with one attached hydrogen (secondary N) is 1. The summed E-state index contributed by atoms with van der Waals surface area (Å²) in [7, 11) is 1.94. The molecule has 1 fully saturated rings. The molecule has 2 heterocycles. The Balaban J connectivity index is 1.75. The molecular weight excluding hydrogens is 298 g/mol. The second kappa shape index (κ2) is 6.31. The van der Waals surface area contributed by atoms with Gasteiger partial charge in [-0.2, -0.15) is 0 Å². The zero-order chi connectivity index (χ0) is 15.7. The number of hydrogen-bond acceptors (Lipinski definition) is 2. The number of nitrogens with zero attached hydrogens (tertiary/aromatic N) is 2. The van der Waals surface area contributed by atoms with Crippen LogP contribution in [0.5, 0.6) is 0 Å². The second-order valence-electron chi connectivity index (χ2n) is 5.95. The number of benzene rings is 1. The number of amides is 1. The van der Waals surface area contributed by atoms with Gasteiger partial charge in [-0.3, -0.25) is 9.69 Å². The molecule has 0 spiro atoms. The van der Waals surface area contributed by atoms with Gasteiger partial charge in [0.05, 0.1) is 11.1 Å². The molecule has 1 aliphatic heterocycles. The van der Waals surface area contributed by atoms with E-state index < -0.39 is 0 Å². The minimum absolute atomic E-state index is 0.00382. The number of likely N-dealkylation sites (tertiary alicyclic amines) is 1. The van der Waals surface area contributed by atoms with Crippen LogP contribution in [0.1, 0.15) is 30.1 Å². The van der Waals surface area contributed by atoms with Crippen molar-refractivity contribution in [2.24, 2.45) is 7.05 Å². The Kier molecular flexibility index (Phi) is 4.41. The van der Waals surface area contributed by atoms with Crippen molar-refractivity contribution in [3.63, 3.8) is 0 Å². The quantitative estimate of drug-likeness (QED) is 0.940. The molecule has 1 saturated heterocycles. The minimum Gasteiger partial charge on any atom is -0.350 e. The van der Waals surface area contributed by atoms with Crippen LogP contribution in [0.2, 0.25) is 5.02 Å². The zero-order valence-corrected chi connectivity index (χ0v) is 13.9. The van der Waals surface area contributed by atoms with E-state index in [0.717, 1.165) is 36.1 Å². The van der Waals surface area contributed by atoms with Crippen molar-refractivity contribution in [1.82, 2.24) is 14.8 Å². The van der Waals surface area contributed by atoms with Crippen LogP contribution in [0, 0.1) is 0 Å². The molecule has 0 aliphatic carbocycles. The normalized spacial score (nSPS) is 19.0. The molecule has 2 aromatic rings. The maximum Gasteiger partial charge on any atom is 0.253 e. The second-order valence-corrected chi connectivity index (χ2v) is 6.39. The van der Waals surface area contributed by atoms with Crippen LogP contribution in [0.15, 0.2) is 24.4 Å². The maximum absolute atomic E-state index is 12.5. The first-order valence-electron chi connectivity index (χ1n) is 7.87. The van der Waals surface area contributed by atoms with Crippen LogP contribution in [-0.4, -0.2) is 41.1 Å². The summed E-state index contributed by atoms with van der Waals surface area (Å²) in [6, 6.07) is 6.11. The Morgan fingerprint density at radius 2 is 2.27 bits per heavy atom. The lowest BCUT2D eigenvalue weighted by atomic mass is 10.1. The number of aromatic nitrogens is 1. The molecule has 0 bridgehead atoms. The summed E-state index contributed by atoms with van der Waals surface area (Å²) in [5.41, 5.74) is 1.70. The van der Waals surface area contributed by atoms with Crippen LogP contribution < -0.4 is 5.32 Å². The predicted octanol–water partition coefficient (Wildman–Crippen LogP) is 3.05.